The number of hydrogen-bond donors (Lipinski definition) is 0. The highest BCUT2D eigenvalue weighted by Crippen LogP contribution is 2.33. The second-order valence-electron chi connectivity index (χ2n) is 9.71. The highest BCUT2D eigenvalue weighted by Gasteiger charge is 2.33. The molecule has 3 aromatic carbocycles. The lowest BCUT2D eigenvalue weighted by atomic mass is 10.1. The van der Waals surface area contributed by atoms with Crippen LogP contribution in [0.25, 0.3) is 0 Å². The predicted octanol–water partition coefficient (Wildman–Crippen LogP) is 8.06. The number of halogens is 6. The summed E-state index contributed by atoms with van der Waals surface area (Å²) in [4.78, 5) is 12.6. The predicted molar refractivity (Wildman–Crippen MR) is 145 cm³/mol. The monoisotopic (exact) mass is 562 g/mol. The normalized spacial score (nSPS) is 14.8. The average Bonchev–Trinajstić information content (AvgIpc) is 2.89. The Bertz CT molecular complexity index is 1430. The molecule has 0 aliphatic carbocycles. The van der Waals surface area contributed by atoms with E-state index in [4.69, 9.17) is 16.6 Å². The van der Waals surface area contributed by atoms with Gasteiger partial charge >= 0.3 is 0 Å². The van der Waals surface area contributed by atoms with Crippen molar-refractivity contribution >= 4 is 34.6 Å². The summed E-state index contributed by atoms with van der Waals surface area (Å²) in [5.74, 6) is -9.97. The second kappa shape index (κ2) is 11.3. The van der Waals surface area contributed by atoms with Gasteiger partial charge in [-0.3, -0.25) is 0 Å². The Morgan fingerprint density at radius 3 is 1.90 bits per heavy atom. The van der Waals surface area contributed by atoms with Gasteiger partial charge < -0.3 is 9.80 Å². The first-order valence-corrected chi connectivity index (χ1v) is 12.8. The summed E-state index contributed by atoms with van der Waals surface area (Å²) in [6, 6.07) is 9.22. The summed E-state index contributed by atoms with van der Waals surface area (Å²) in [5, 5.41) is 0.190. The maximum atomic E-state index is 15.1. The van der Waals surface area contributed by atoms with E-state index in [0.717, 1.165) is 22.4 Å². The zero-order valence-electron chi connectivity index (χ0n) is 22.3. The number of rotatable bonds is 3. The fourth-order valence-corrected chi connectivity index (χ4v) is 5.06. The van der Waals surface area contributed by atoms with Crippen molar-refractivity contribution in [2.75, 3.05) is 19.8 Å². The molecule has 1 aliphatic heterocycles. The van der Waals surface area contributed by atoms with Crippen LogP contribution >= 0.6 is 11.6 Å². The summed E-state index contributed by atoms with van der Waals surface area (Å²) < 4.78 is 72.8. The molecule has 1 aliphatic rings. The third-order valence-electron chi connectivity index (χ3n) is 6.72. The molecule has 0 atom stereocenters. The molecule has 0 N–H and O–H groups in total. The van der Waals surface area contributed by atoms with Gasteiger partial charge in [-0.2, -0.15) is 0 Å². The van der Waals surface area contributed by atoms with Crippen LogP contribution < -0.4 is 0 Å². The molecule has 0 bridgehead atoms. The third-order valence-corrected chi connectivity index (χ3v) is 7.01. The highest BCUT2D eigenvalue weighted by molar-refractivity contribution is 6.33. The first-order valence-electron chi connectivity index (χ1n) is 12.4. The zero-order chi connectivity index (χ0) is 28.6. The second-order valence-corrected chi connectivity index (χ2v) is 10.1. The molecule has 0 saturated carbocycles. The van der Waals surface area contributed by atoms with E-state index < -0.39 is 40.5 Å². The molecule has 1 saturated heterocycles. The van der Waals surface area contributed by atoms with Gasteiger partial charge in [-0.25, -0.2) is 31.9 Å². The van der Waals surface area contributed by atoms with E-state index in [-0.39, 0.29) is 23.9 Å². The zero-order valence-corrected chi connectivity index (χ0v) is 23.0. The van der Waals surface area contributed by atoms with E-state index in [0.29, 0.717) is 24.4 Å². The molecule has 1 heterocycles. The van der Waals surface area contributed by atoms with Gasteiger partial charge in [-0.15, -0.1) is 0 Å². The van der Waals surface area contributed by atoms with Crippen molar-refractivity contribution in [3.63, 3.8) is 0 Å². The molecule has 3 aromatic rings. The minimum Gasteiger partial charge on any atom is -0.342 e. The lowest BCUT2D eigenvalue weighted by Crippen LogP contribution is -2.49. The molecular weight excluding hydrogens is 535 g/mol. The number of amidine groups is 2. The molecule has 10 heteroatoms. The van der Waals surface area contributed by atoms with Crippen LogP contribution in [-0.2, 0) is 0 Å². The minimum absolute atomic E-state index is 0.0567. The summed E-state index contributed by atoms with van der Waals surface area (Å²) in [6.07, 6.45) is 0.522. The van der Waals surface area contributed by atoms with Gasteiger partial charge in [-0.1, -0.05) is 35.9 Å². The maximum Gasteiger partial charge on any atom is 0.200 e. The quantitative estimate of drug-likeness (QED) is 0.106. The smallest absolute Gasteiger partial charge is 0.200 e. The molecule has 0 amide bonds. The number of hydrogen-bond acceptors (Lipinski definition) is 2. The summed E-state index contributed by atoms with van der Waals surface area (Å²) in [5.41, 5.74) is 3.27. The topological polar surface area (TPSA) is 31.2 Å². The van der Waals surface area contributed by atoms with E-state index in [2.05, 4.69) is 4.99 Å². The fraction of sp³-hybridized carbons (Fsp3) is 0.310. The van der Waals surface area contributed by atoms with E-state index in [1.165, 1.54) is 4.90 Å². The Morgan fingerprint density at radius 2 is 1.31 bits per heavy atom. The van der Waals surface area contributed by atoms with Gasteiger partial charge in [0.05, 0.1) is 28.6 Å². The van der Waals surface area contributed by atoms with E-state index in [9.17, 15) is 13.2 Å². The Balaban J connectivity index is 1.85. The molecular formula is C29H28ClF5N4. The van der Waals surface area contributed by atoms with Crippen molar-refractivity contribution in [3.05, 3.63) is 92.3 Å². The average molecular weight is 563 g/mol. The van der Waals surface area contributed by atoms with Crippen LogP contribution in [0.2, 0.25) is 5.02 Å². The highest BCUT2D eigenvalue weighted by atomic mass is 35.5. The van der Waals surface area contributed by atoms with Crippen molar-refractivity contribution in [2.24, 2.45) is 9.98 Å². The summed E-state index contributed by atoms with van der Waals surface area (Å²) in [7, 11) is 0. The molecule has 1 fully saturated rings. The van der Waals surface area contributed by atoms with Gasteiger partial charge in [0, 0.05) is 13.1 Å². The Hall–Kier alpha value is -3.46. The Kier molecular flexibility index (Phi) is 8.30. The number of aryl methyl sites for hydroxylation is 4. The van der Waals surface area contributed by atoms with E-state index in [1.54, 1.807) is 19.1 Å². The van der Waals surface area contributed by atoms with Crippen molar-refractivity contribution < 1.29 is 22.0 Å². The Labute approximate surface area is 229 Å². The lowest BCUT2D eigenvalue weighted by Gasteiger charge is -2.38. The van der Waals surface area contributed by atoms with Crippen molar-refractivity contribution in [1.29, 1.82) is 0 Å². The van der Waals surface area contributed by atoms with Crippen LogP contribution in [0, 0.1) is 56.8 Å². The standard InChI is InChI=1S/C29H28ClF5N4/c1-15-12-18(4)28(20(30)13-15)37-29(21-22(31)24(33)26(35)25(34)23(21)32)39-11-7-10-38(14-39)19(5)36-27-16(2)8-6-9-17(27)3/h6,8-9,12-13H,7,10-11,14H2,1-5H3/b36-19+,37-29+. The van der Waals surface area contributed by atoms with Crippen LogP contribution in [0.4, 0.5) is 33.3 Å². The van der Waals surface area contributed by atoms with Crippen molar-refractivity contribution in [3.8, 4) is 0 Å². The van der Waals surface area contributed by atoms with E-state index in [1.807, 2.05) is 50.8 Å². The maximum absolute atomic E-state index is 15.1. The van der Waals surface area contributed by atoms with Gasteiger partial charge in [0.25, 0.3) is 0 Å². The van der Waals surface area contributed by atoms with Crippen molar-refractivity contribution in [1.82, 2.24) is 9.80 Å². The molecule has 0 spiro atoms. The van der Waals surface area contributed by atoms with Gasteiger partial charge in [0.2, 0.25) is 5.82 Å². The fourth-order valence-electron chi connectivity index (χ4n) is 4.69. The van der Waals surface area contributed by atoms with Crippen LogP contribution in [0.1, 0.15) is 41.2 Å². The van der Waals surface area contributed by atoms with Crippen LogP contribution in [0.5, 0.6) is 0 Å². The Morgan fingerprint density at radius 1 is 0.744 bits per heavy atom. The molecule has 4 rings (SSSR count). The molecule has 4 nitrogen and oxygen atoms in total. The largest absolute Gasteiger partial charge is 0.342 e. The molecule has 0 aromatic heterocycles. The van der Waals surface area contributed by atoms with Crippen molar-refractivity contribution in [2.45, 2.75) is 41.0 Å². The van der Waals surface area contributed by atoms with Gasteiger partial charge in [0.15, 0.2) is 23.3 Å². The number of para-hydroxylation sites is 1. The number of nitrogens with zero attached hydrogens (tertiary/aromatic N) is 4. The van der Waals surface area contributed by atoms with Crippen LogP contribution in [0.15, 0.2) is 40.3 Å². The van der Waals surface area contributed by atoms with Gasteiger partial charge in [-0.05, 0) is 69.4 Å². The van der Waals surface area contributed by atoms with Crippen LogP contribution in [-0.4, -0.2) is 41.2 Å². The molecule has 39 heavy (non-hydrogen) atoms. The van der Waals surface area contributed by atoms with Gasteiger partial charge in [0.1, 0.15) is 11.7 Å². The first-order chi connectivity index (χ1) is 18.4. The molecule has 206 valence electrons. The molecule has 0 radical (unpaired) electrons. The number of benzene rings is 3. The molecule has 0 unspecified atom stereocenters. The van der Waals surface area contributed by atoms with Crippen LogP contribution in [0.3, 0.4) is 0 Å². The first kappa shape index (κ1) is 28.5. The summed E-state index contributed by atoms with van der Waals surface area (Å²) >= 11 is 6.42. The van der Waals surface area contributed by atoms with E-state index >= 15 is 8.78 Å². The summed E-state index contributed by atoms with van der Waals surface area (Å²) in [6.45, 7) is 10.1. The minimum atomic E-state index is -2.23. The third kappa shape index (κ3) is 5.64. The number of aliphatic imine (C=N–C) groups is 2. The lowest BCUT2D eigenvalue weighted by molar-refractivity contribution is 0.211. The SMILES string of the molecule is C/C(=N\c1c(C)cccc1C)N1CCCN(/C(=N/c2c(C)cc(C)cc2Cl)c2c(F)c(F)c(F)c(F)c2F)C1.